The lowest BCUT2D eigenvalue weighted by Crippen LogP contribution is -2.25. The Morgan fingerprint density at radius 2 is 1.73 bits per heavy atom. The molecule has 0 aromatic heterocycles. The lowest BCUT2D eigenvalue weighted by molar-refractivity contribution is -0.120. The Bertz CT molecular complexity index is 660. The van der Waals surface area contributed by atoms with Crippen molar-refractivity contribution >= 4 is 23.2 Å². The van der Waals surface area contributed by atoms with Crippen LogP contribution in [0.1, 0.15) is 75.1 Å². The van der Waals surface area contributed by atoms with E-state index in [9.17, 15) is 9.59 Å². The predicted molar refractivity (Wildman–Crippen MR) is 104 cm³/mol. The molecule has 2 saturated carbocycles. The zero-order valence-corrected chi connectivity index (χ0v) is 15.6. The molecule has 0 heterocycles. The van der Waals surface area contributed by atoms with Gasteiger partial charge in [-0.1, -0.05) is 26.2 Å². The van der Waals surface area contributed by atoms with E-state index < -0.39 is 0 Å². The summed E-state index contributed by atoms with van der Waals surface area (Å²) in [5, 5.41) is 7.26. The Morgan fingerprint density at radius 3 is 2.42 bits per heavy atom. The number of hydrogen-bond donors (Lipinski definition) is 2. The fraction of sp³-hybridized carbons (Fsp3) is 0.571. The largest absolute Gasteiger partial charge is 0.326 e. The molecule has 2 amide bonds. The summed E-state index contributed by atoms with van der Waals surface area (Å²) in [4.78, 5) is 24.5. The van der Waals surface area contributed by atoms with Crippen LogP contribution in [0.5, 0.6) is 0 Å². The monoisotopic (exact) mass is 355 g/mol. The molecule has 2 aliphatic carbocycles. The zero-order valence-electron chi connectivity index (χ0n) is 15.6. The molecule has 26 heavy (non-hydrogen) atoms. The third-order valence-corrected chi connectivity index (χ3v) is 5.45. The Hall–Kier alpha value is -2.17. The molecule has 2 N–H and O–H groups in total. The van der Waals surface area contributed by atoms with Crippen LogP contribution >= 0.6 is 0 Å². The average Bonchev–Trinajstić information content (AvgIpc) is 2.67. The number of amides is 2. The molecule has 0 bridgehead atoms. The molecule has 1 aromatic rings. The minimum absolute atomic E-state index is 0.0970. The highest BCUT2D eigenvalue weighted by Gasteiger charge is 2.21. The normalized spacial score (nSPS) is 22.8. The van der Waals surface area contributed by atoms with E-state index in [0.717, 1.165) is 56.3 Å². The van der Waals surface area contributed by atoms with Gasteiger partial charge in [-0.3, -0.25) is 9.59 Å². The van der Waals surface area contributed by atoms with Crippen molar-refractivity contribution in [2.45, 2.75) is 64.7 Å². The maximum Gasteiger partial charge on any atom is 0.271 e. The van der Waals surface area contributed by atoms with Gasteiger partial charge in [0.25, 0.3) is 5.91 Å². The first-order chi connectivity index (χ1) is 12.6. The lowest BCUT2D eigenvalue weighted by Gasteiger charge is -2.20. The second kappa shape index (κ2) is 8.97. The molecular formula is C21H29N3O2. The van der Waals surface area contributed by atoms with Crippen LogP contribution in [0.25, 0.3) is 0 Å². The van der Waals surface area contributed by atoms with Gasteiger partial charge in [-0.25, -0.2) is 5.43 Å². The van der Waals surface area contributed by atoms with Gasteiger partial charge in [0.1, 0.15) is 0 Å². The fourth-order valence-corrected chi connectivity index (χ4v) is 3.87. The quantitative estimate of drug-likeness (QED) is 0.781. The predicted octanol–water partition coefficient (Wildman–Crippen LogP) is 4.50. The number of rotatable bonds is 4. The van der Waals surface area contributed by atoms with Gasteiger partial charge < -0.3 is 5.32 Å². The maximum absolute atomic E-state index is 12.3. The summed E-state index contributed by atoms with van der Waals surface area (Å²) in [7, 11) is 0. The molecule has 5 heteroatoms. The summed E-state index contributed by atoms with van der Waals surface area (Å²) in [5.41, 5.74) is 5.03. The minimum atomic E-state index is -0.208. The van der Waals surface area contributed by atoms with Gasteiger partial charge >= 0.3 is 0 Å². The second-order valence-electron chi connectivity index (χ2n) is 7.72. The van der Waals surface area contributed by atoms with Crippen LogP contribution < -0.4 is 10.7 Å². The van der Waals surface area contributed by atoms with Gasteiger partial charge in [0.2, 0.25) is 5.91 Å². The highest BCUT2D eigenvalue weighted by Crippen LogP contribution is 2.25. The molecule has 140 valence electrons. The van der Waals surface area contributed by atoms with Crippen molar-refractivity contribution in [1.82, 2.24) is 5.43 Å². The van der Waals surface area contributed by atoms with Gasteiger partial charge in [-0.05, 0) is 68.7 Å². The number of nitrogens with one attached hydrogen (secondary N) is 2. The van der Waals surface area contributed by atoms with Crippen LogP contribution in [-0.2, 0) is 4.79 Å². The van der Waals surface area contributed by atoms with Gasteiger partial charge in [0.05, 0.1) is 0 Å². The standard InChI is InChI=1S/C21H29N3O2/c1-15-6-5-9-19(14-15)23-24-21(26)17-10-12-18(13-11-17)22-20(25)16-7-3-2-4-8-16/h10-13,15-16H,2-9,14H2,1H3,(H,22,25)(H,24,26)/b23-19+. The number of nitrogens with zero attached hydrogens (tertiary/aromatic N) is 1. The van der Waals surface area contributed by atoms with Crippen molar-refractivity contribution in [2.24, 2.45) is 16.9 Å². The van der Waals surface area contributed by atoms with Crippen molar-refractivity contribution in [3.8, 4) is 0 Å². The molecule has 5 nitrogen and oxygen atoms in total. The summed E-state index contributed by atoms with van der Waals surface area (Å²) in [5.74, 6) is 0.660. The molecule has 1 atom stereocenters. The van der Waals surface area contributed by atoms with E-state index in [1.165, 1.54) is 12.8 Å². The van der Waals surface area contributed by atoms with Crippen molar-refractivity contribution in [3.63, 3.8) is 0 Å². The summed E-state index contributed by atoms with van der Waals surface area (Å²) in [6.45, 7) is 2.22. The van der Waals surface area contributed by atoms with Crippen molar-refractivity contribution in [1.29, 1.82) is 0 Å². The first kappa shape index (κ1) is 18.6. The van der Waals surface area contributed by atoms with Crippen LogP contribution in [-0.4, -0.2) is 17.5 Å². The van der Waals surface area contributed by atoms with Crippen LogP contribution in [0.3, 0.4) is 0 Å². The number of hydrazone groups is 1. The first-order valence-electron chi connectivity index (χ1n) is 9.88. The Balaban J connectivity index is 1.52. The lowest BCUT2D eigenvalue weighted by atomic mass is 9.88. The summed E-state index contributed by atoms with van der Waals surface area (Å²) in [6.07, 6.45) is 9.78. The molecule has 0 aliphatic heterocycles. The number of benzene rings is 1. The number of anilines is 1. The third kappa shape index (κ3) is 5.16. The summed E-state index contributed by atoms with van der Waals surface area (Å²) >= 11 is 0. The summed E-state index contributed by atoms with van der Waals surface area (Å²) in [6, 6.07) is 7.03. The van der Waals surface area contributed by atoms with E-state index in [1.54, 1.807) is 24.3 Å². The van der Waals surface area contributed by atoms with Gasteiger partial charge in [-0.15, -0.1) is 0 Å². The van der Waals surface area contributed by atoms with Crippen molar-refractivity contribution in [2.75, 3.05) is 5.32 Å². The summed E-state index contributed by atoms with van der Waals surface area (Å²) < 4.78 is 0. The highest BCUT2D eigenvalue weighted by atomic mass is 16.2. The molecule has 2 fully saturated rings. The van der Waals surface area contributed by atoms with E-state index in [0.29, 0.717) is 11.5 Å². The average molecular weight is 355 g/mol. The highest BCUT2D eigenvalue weighted by molar-refractivity contribution is 5.97. The van der Waals surface area contributed by atoms with Gasteiger partial charge in [0, 0.05) is 22.9 Å². The number of carbonyl (C=O) groups is 2. The van der Waals surface area contributed by atoms with Crippen LogP contribution in [0.15, 0.2) is 29.4 Å². The van der Waals surface area contributed by atoms with E-state index in [1.807, 2.05) is 0 Å². The van der Waals surface area contributed by atoms with E-state index in [-0.39, 0.29) is 17.7 Å². The number of carbonyl (C=O) groups excluding carboxylic acids is 2. The van der Waals surface area contributed by atoms with Crippen LogP contribution in [0, 0.1) is 11.8 Å². The fourth-order valence-electron chi connectivity index (χ4n) is 3.87. The molecule has 0 spiro atoms. The number of hydrogen-bond acceptors (Lipinski definition) is 3. The molecule has 0 saturated heterocycles. The third-order valence-electron chi connectivity index (χ3n) is 5.45. The van der Waals surface area contributed by atoms with Crippen molar-refractivity contribution in [3.05, 3.63) is 29.8 Å². The van der Waals surface area contributed by atoms with Gasteiger partial charge in [0.15, 0.2) is 0 Å². The molecular weight excluding hydrogens is 326 g/mol. The Labute approximate surface area is 155 Å². The first-order valence-corrected chi connectivity index (χ1v) is 9.88. The second-order valence-corrected chi connectivity index (χ2v) is 7.72. The van der Waals surface area contributed by atoms with Crippen LogP contribution in [0.2, 0.25) is 0 Å². The van der Waals surface area contributed by atoms with Crippen molar-refractivity contribution < 1.29 is 9.59 Å². The van der Waals surface area contributed by atoms with Gasteiger partial charge in [-0.2, -0.15) is 5.10 Å². The molecule has 2 aliphatic rings. The Kier molecular flexibility index (Phi) is 6.42. The van der Waals surface area contributed by atoms with E-state index in [4.69, 9.17) is 0 Å². The molecule has 0 radical (unpaired) electrons. The van der Waals surface area contributed by atoms with E-state index >= 15 is 0 Å². The van der Waals surface area contributed by atoms with E-state index in [2.05, 4.69) is 22.8 Å². The molecule has 1 unspecified atom stereocenters. The molecule has 3 rings (SSSR count). The molecule has 1 aromatic carbocycles. The maximum atomic E-state index is 12.3. The zero-order chi connectivity index (χ0) is 18.4. The van der Waals surface area contributed by atoms with Crippen LogP contribution in [0.4, 0.5) is 5.69 Å². The topological polar surface area (TPSA) is 70.6 Å². The smallest absolute Gasteiger partial charge is 0.271 e. The Morgan fingerprint density at radius 1 is 1.00 bits per heavy atom. The minimum Gasteiger partial charge on any atom is -0.326 e. The SMILES string of the molecule is CC1CCC/C(=N\NC(=O)c2ccc(NC(=O)C3CCCCC3)cc2)C1.